The van der Waals surface area contributed by atoms with E-state index in [2.05, 4.69) is 4.98 Å². The van der Waals surface area contributed by atoms with Gasteiger partial charge in [0.25, 0.3) is 5.56 Å². The lowest BCUT2D eigenvalue weighted by Crippen LogP contribution is -2.06. The third kappa shape index (κ3) is 0.900. The molecule has 1 heterocycles. The second-order valence-corrected chi connectivity index (χ2v) is 2.27. The number of H-pyrrole nitrogens is 1. The Morgan fingerprint density at radius 2 is 2.10 bits per heavy atom. The molecule has 0 atom stereocenters. The molecule has 10 heavy (non-hydrogen) atoms. The maximum atomic E-state index is 10.7. The summed E-state index contributed by atoms with van der Waals surface area (Å²) in [6, 6.07) is 0. The molecule has 1 rings (SSSR count). The van der Waals surface area contributed by atoms with Gasteiger partial charge in [-0.05, 0) is 19.4 Å². The predicted octanol–water partition coefficient (Wildman–Crippen LogP) is 0.697. The Morgan fingerprint density at radius 3 is 2.60 bits per heavy atom. The lowest BCUT2D eigenvalue weighted by atomic mass is 10.2. The highest BCUT2D eigenvalue weighted by molar-refractivity contribution is 5.33. The van der Waals surface area contributed by atoms with Crippen LogP contribution in [-0.4, -0.2) is 10.1 Å². The first-order chi connectivity index (χ1) is 4.63. The molecular weight excluding hydrogens is 130 g/mol. The van der Waals surface area contributed by atoms with Gasteiger partial charge in [-0.3, -0.25) is 4.79 Å². The zero-order valence-corrected chi connectivity index (χ0v) is 5.93. The Morgan fingerprint density at radius 1 is 1.50 bits per heavy atom. The van der Waals surface area contributed by atoms with Gasteiger partial charge in [-0.15, -0.1) is 0 Å². The zero-order chi connectivity index (χ0) is 7.72. The van der Waals surface area contributed by atoms with Crippen LogP contribution < -0.4 is 5.56 Å². The van der Waals surface area contributed by atoms with Gasteiger partial charge in [0.15, 0.2) is 5.75 Å². The summed E-state index contributed by atoms with van der Waals surface area (Å²) in [7, 11) is 0. The van der Waals surface area contributed by atoms with Crippen LogP contribution in [0.4, 0.5) is 0 Å². The second kappa shape index (κ2) is 2.17. The van der Waals surface area contributed by atoms with Crippen LogP contribution >= 0.6 is 0 Å². The van der Waals surface area contributed by atoms with E-state index in [1.165, 1.54) is 0 Å². The molecule has 0 aromatic carbocycles. The normalized spacial score (nSPS) is 9.80. The van der Waals surface area contributed by atoms with E-state index in [1.54, 1.807) is 13.1 Å². The number of aryl methyl sites for hydroxylation is 1. The lowest BCUT2D eigenvalue weighted by molar-refractivity contribution is 0.461. The highest BCUT2D eigenvalue weighted by Gasteiger charge is 2.01. The van der Waals surface area contributed by atoms with Crippen LogP contribution in [0.25, 0.3) is 0 Å². The molecule has 0 bridgehead atoms. The summed E-state index contributed by atoms with van der Waals surface area (Å²) in [5.74, 6) is -0.181. The standard InChI is InChI=1S/C7H9NO2/c1-4-3-8-7(10)6(9)5(4)2/h3,9H,1-2H3,(H,8,10). The molecule has 54 valence electrons. The molecule has 2 N–H and O–H groups in total. The van der Waals surface area contributed by atoms with Crippen molar-refractivity contribution in [3.8, 4) is 5.75 Å². The highest BCUT2D eigenvalue weighted by atomic mass is 16.3. The number of hydrogen-bond acceptors (Lipinski definition) is 2. The Bertz CT molecular complexity index is 301. The molecule has 0 saturated carbocycles. The van der Waals surface area contributed by atoms with E-state index in [4.69, 9.17) is 5.11 Å². The van der Waals surface area contributed by atoms with Crippen molar-refractivity contribution in [2.45, 2.75) is 13.8 Å². The summed E-state index contributed by atoms with van der Waals surface area (Å²) in [6.07, 6.45) is 1.58. The van der Waals surface area contributed by atoms with Crippen LogP contribution in [0.2, 0.25) is 0 Å². The first-order valence-electron chi connectivity index (χ1n) is 3.01. The Hall–Kier alpha value is -1.25. The summed E-state index contributed by atoms with van der Waals surface area (Å²) >= 11 is 0. The Kier molecular flexibility index (Phi) is 1.49. The van der Waals surface area contributed by atoms with Crippen LogP contribution in [-0.2, 0) is 0 Å². The van der Waals surface area contributed by atoms with Crippen LogP contribution in [0.5, 0.6) is 5.75 Å². The number of aromatic hydroxyl groups is 1. The third-order valence-electron chi connectivity index (χ3n) is 1.58. The minimum Gasteiger partial charge on any atom is -0.503 e. The van der Waals surface area contributed by atoms with Gasteiger partial charge < -0.3 is 10.1 Å². The van der Waals surface area contributed by atoms with Gasteiger partial charge in [-0.2, -0.15) is 0 Å². The van der Waals surface area contributed by atoms with Crippen molar-refractivity contribution in [2.24, 2.45) is 0 Å². The van der Waals surface area contributed by atoms with E-state index in [1.807, 2.05) is 6.92 Å². The monoisotopic (exact) mass is 139 g/mol. The van der Waals surface area contributed by atoms with E-state index in [9.17, 15) is 4.79 Å². The first-order valence-corrected chi connectivity index (χ1v) is 3.01. The van der Waals surface area contributed by atoms with Crippen molar-refractivity contribution in [2.75, 3.05) is 0 Å². The van der Waals surface area contributed by atoms with Gasteiger partial charge in [0.1, 0.15) is 0 Å². The number of aromatic nitrogens is 1. The van der Waals surface area contributed by atoms with Gasteiger partial charge in [0.2, 0.25) is 0 Å². The zero-order valence-electron chi connectivity index (χ0n) is 5.93. The van der Waals surface area contributed by atoms with E-state index in [0.717, 1.165) is 5.56 Å². The lowest BCUT2D eigenvalue weighted by Gasteiger charge is -1.98. The maximum absolute atomic E-state index is 10.7. The van der Waals surface area contributed by atoms with Crippen molar-refractivity contribution >= 4 is 0 Å². The Labute approximate surface area is 58.3 Å². The highest BCUT2D eigenvalue weighted by Crippen LogP contribution is 2.11. The largest absolute Gasteiger partial charge is 0.503 e. The quantitative estimate of drug-likeness (QED) is 0.555. The molecule has 0 radical (unpaired) electrons. The third-order valence-corrected chi connectivity index (χ3v) is 1.58. The number of hydrogen-bond donors (Lipinski definition) is 2. The number of pyridine rings is 1. The summed E-state index contributed by atoms with van der Waals surface area (Å²) in [6.45, 7) is 3.53. The molecule has 0 aliphatic rings. The minimum absolute atomic E-state index is 0.181. The van der Waals surface area contributed by atoms with Crippen molar-refractivity contribution in [3.63, 3.8) is 0 Å². The number of aromatic amines is 1. The van der Waals surface area contributed by atoms with Gasteiger partial charge in [-0.25, -0.2) is 0 Å². The number of nitrogens with one attached hydrogen (secondary N) is 1. The molecule has 0 amide bonds. The molecular formula is C7H9NO2. The molecule has 1 aromatic heterocycles. The second-order valence-electron chi connectivity index (χ2n) is 2.27. The fourth-order valence-electron chi connectivity index (χ4n) is 0.707. The van der Waals surface area contributed by atoms with Crippen LogP contribution in [0.3, 0.4) is 0 Å². The van der Waals surface area contributed by atoms with Crippen LogP contribution in [0, 0.1) is 13.8 Å². The summed E-state index contributed by atoms with van der Waals surface area (Å²) in [5.41, 5.74) is 1.10. The SMILES string of the molecule is Cc1c[nH]c(=O)c(O)c1C. The van der Waals surface area contributed by atoms with Gasteiger partial charge in [0.05, 0.1) is 0 Å². The fourth-order valence-corrected chi connectivity index (χ4v) is 0.707. The molecule has 0 aliphatic heterocycles. The molecule has 0 aliphatic carbocycles. The van der Waals surface area contributed by atoms with Crippen LogP contribution in [0.1, 0.15) is 11.1 Å². The van der Waals surface area contributed by atoms with Crippen LogP contribution in [0.15, 0.2) is 11.0 Å². The summed E-state index contributed by atoms with van der Waals surface area (Å²) in [5, 5.41) is 9.04. The van der Waals surface area contributed by atoms with E-state index in [0.29, 0.717) is 5.56 Å². The summed E-state index contributed by atoms with van der Waals surface area (Å²) in [4.78, 5) is 13.1. The Balaban J connectivity index is 3.49. The van der Waals surface area contributed by atoms with Crippen molar-refractivity contribution < 1.29 is 5.11 Å². The van der Waals surface area contributed by atoms with Gasteiger partial charge in [-0.1, -0.05) is 0 Å². The predicted molar refractivity (Wildman–Crippen MR) is 38.2 cm³/mol. The average molecular weight is 139 g/mol. The minimum atomic E-state index is -0.428. The van der Waals surface area contributed by atoms with Crippen molar-refractivity contribution in [1.82, 2.24) is 4.98 Å². The van der Waals surface area contributed by atoms with Crippen molar-refractivity contribution in [1.29, 1.82) is 0 Å². The molecule has 1 aromatic rings. The van der Waals surface area contributed by atoms with Gasteiger partial charge in [0, 0.05) is 11.8 Å². The van der Waals surface area contributed by atoms with E-state index in [-0.39, 0.29) is 5.75 Å². The van der Waals surface area contributed by atoms with Gasteiger partial charge >= 0.3 is 0 Å². The van der Waals surface area contributed by atoms with E-state index >= 15 is 0 Å². The molecule has 0 spiro atoms. The molecule has 0 saturated heterocycles. The number of rotatable bonds is 0. The average Bonchev–Trinajstić information content (AvgIpc) is 1.93. The van der Waals surface area contributed by atoms with E-state index < -0.39 is 5.56 Å². The first kappa shape index (κ1) is 6.86. The maximum Gasteiger partial charge on any atom is 0.290 e. The molecule has 0 unspecified atom stereocenters. The molecule has 3 heteroatoms. The summed E-state index contributed by atoms with van der Waals surface area (Å²) < 4.78 is 0. The van der Waals surface area contributed by atoms with Crippen molar-refractivity contribution in [3.05, 3.63) is 27.7 Å². The smallest absolute Gasteiger partial charge is 0.290 e. The fraction of sp³-hybridized carbons (Fsp3) is 0.286. The molecule has 3 nitrogen and oxygen atoms in total. The molecule has 0 fully saturated rings. The topological polar surface area (TPSA) is 53.1 Å².